The van der Waals surface area contributed by atoms with Crippen LogP contribution < -0.4 is 16.8 Å². The zero-order chi connectivity index (χ0) is 12.5. The van der Waals surface area contributed by atoms with Crippen molar-refractivity contribution in [2.45, 2.75) is 24.9 Å². The molecule has 1 saturated carbocycles. The highest BCUT2D eigenvalue weighted by Gasteiger charge is 2.34. The first-order valence-electron chi connectivity index (χ1n) is 5.66. The molecule has 1 amide bonds. The van der Waals surface area contributed by atoms with Gasteiger partial charge >= 0.3 is 0 Å². The summed E-state index contributed by atoms with van der Waals surface area (Å²) in [7, 11) is 0. The summed E-state index contributed by atoms with van der Waals surface area (Å²) in [4.78, 5) is 11.0. The van der Waals surface area contributed by atoms with Crippen LogP contribution in [-0.4, -0.2) is 23.2 Å². The van der Waals surface area contributed by atoms with Gasteiger partial charge in [-0.1, -0.05) is 0 Å². The third-order valence-electron chi connectivity index (χ3n) is 3.23. The van der Waals surface area contributed by atoms with E-state index < -0.39 is 11.5 Å². The number of hydrogen-bond acceptors (Lipinski definition) is 4. The van der Waals surface area contributed by atoms with Crippen LogP contribution in [0.25, 0.3) is 0 Å². The molecule has 17 heavy (non-hydrogen) atoms. The van der Waals surface area contributed by atoms with Gasteiger partial charge in [0.2, 0.25) is 5.91 Å². The van der Waals surface area contributed by atoms with Crippen molar-refractivity contribution < 1.29 is 9.90 Å². The highest BCUT2D eigenvalue weighted by atomic mass is 16.3. The largest absolute Gasteiger partial charge is 0.397 e. The molecule has 1 fully saturated rings. The molecule has 6 N–H and O–H groups in total. The molecule has 0 bridgehead atoms. The molecule has 0 unspecified atom stereocenters. The normalized spacial score (nSPS) is 17.2. The monoisotopic (exact) mass is 235 g/mol. The smallest absolute Gasteiger partial charge is 0.248 e. The minimum Gasteiger partial charge on any atom is -0.397 e. The number of primary amides is 1. The van der Waals surface area contributed by atoms with Crippen LogP contribution in [0.15, 0.2) is 18.2 Å². The van der Waals surface area contributed by atoms with Crippen molar-refractivity contribution in [2.24, 2.45) is 5.73 Å². The average molecular weight is 235 g/mol. The quantitative estimate of drug-likeness (QED) is 0.577. The third kappa shape index (κ3) is 2.50. The Hall–Kier alpha value is -1.75. The van der Waals surface area contributed by atoms with Crippen molar-refractivity contribution in [3.05, 3.63) is 23.8 Å². The lowest BCUT2D eigenvalue weighted by atomic mass is 9.80. The Morgan fingerprint density at radius 2 is 2.18 bits per heavy atom. The fourth-order valence-electron chi connectivity index (χ4n) is 1.88. The SMILES string of the molecule is NC(=O)c1ccc(N)c(NCC2(O)CCC2)c1. The summed E-state index contributed by atoms with van der Waals surface area (Å²) in [5.41, 5.74) is 11.9. The molecule has 1 aliphatic carbocycles. The molecule has 0 aliphatic heterocycles. The molecule has 0 aromatic heterocycles. The van der Waals surface area contributed by atoms with Gasteiger partial charge in [-0.3, -0.25) is 4.79 Å². The molecule has 1 aromatic carbocycles. The Kier molecular flexibility index (Phi) is 2.93. The number of carbonyl (C=O) groups excluding carboxylic acids is 1. The summed E-state index contributed by atoms with van der Waals surface area (Å²) in [6.45, 7) is 0.444. The Balaban J connectivity index is 2.08. The van der Waals surface area contributed by atoms with E-state index >= 15 is 0 Å². The van der Waals surface area contributed by atoms with E-state index in [0.717, 1.165) is 19.3 Å². The van der Waals surface area contributed by atoms with Gasteiger partial charge in [0, 0.05) is 12.1 Å². The second-order valence-electron chi connectivity index (χ2n) is 4.60. The zero-order valence-electron chi connectivity index (χ0n) is 9.57. The van der Waals surface area contributed by atoms with Crippen molar-refractivity contribution in [3.8, 4) is 0 Å². The number of anilines is 2. The lowest BCUT2D eigenvalue weighted by Gasteiger charge is -2.37. The predicted molar refractivity (Wildman–Crippen MR) is 66.7 cm³/mol. The van der Waals surface area contributed by atoms with Crippen LogP contribution in [0.1, 0.15) is 29.6 Å². The van der Waals surface area contributed by atoms with Gasteiger partial charge in [0.1, 0.15) is 0 Å². The molecule has 0 saturated heterocycles. The molecule has 5 nitrogen and oxygen atoms in total. The van der Waals surface area contributed by atoms with E-state index in [-0.39, 0.29) is 0 Å². The van der Waals surface area contributed by atoms with Gasteiger partial charge in [0.05, 0.1) is 17.0 Å². The van der Waals surface area contributed by atoms with Crippen molar-refractivity contribution in [2.75, 3.05) is 17.6 Å². The number of hydrogen-bond donors (Lipinski definition) is 4. The fourth-order valence-corrected chi connectivity index (χ4v) is 1.88. The summed E-state index contributed by atoms with van der Waals surface area (Å²) < 4.78 is 0. The minimum absolute atomic E-state index is 0.405. The Morgan fingerprint density at radius 3 is 2.71 bits per heavy atom. The van der Waals surface area contributed by atoms with Crippen LogP contribution in [0, 0.1) is 0 Å². The van der Waals surface area contributed by atoms with Gasteiger partial charge in [-0.2, -0.15) is 0 Å². The van der Waals surface area contributed by atoms with E-state index in [9.17, 15) is 9.90 Å². The molecular formula is C12H17N3O2. The van der Waals surface area contributed by atoms with Crippen molar-refractivity contribution in [3.63, 3.8) is 0 Å². The van der Waals surface area contributed by atoms with E-state index in [1.807, 2.05) is 0 Å². The van der Waals surface area contributed by atoms with E-state index in [2.05, 4.69) is 5.32 Å². The van der Waals surface area contributed by atoms with Gasteiger partial charge in [0.15, 0.2) is 0 Å². The summed E-state index contributed by atoms with van der Waals surface area (Å²) in [6, 6.07) is 4.83. The predicted octanol–water partition coefficient (Wildman–Crippen LogP) is 0.695. The molecule has 1 aromatic rings. The second-order valence-corrected chi connectivity index (χ2v) is 4.60. The van der Waals surface area contributed by atoms with Crippen molar-refractivity contribution in [1.82, 2.24) is 0 Å². The molecule has 2 rings (SSSR count). The fraction of sp³-hybridized carbons (Fsp3) is 0.417. The van der Waals surface area contributed by atoms with Crippen molar-refractivity contribution >= 4 is 17.3 Å². The van der Waals surface area contributed by atoms with Crippen LogP contribution in [0.2, 0.25) is 0 Å². The minimum atomic E-state index is -0.630. The van der Waals surface area contributed by atoms with E-state index in [4.69, 9.17) is 11.5 Å². The Labute approximate surface area is 99.8 Å². The first-order chi connectivity index (χ1) is 8.00. The van der Waals surface area contributed by atoms with Crippen LogP contribution >= 0.6 is 0 Å². The van der Waals surface area contributed by atoms with Crippen LogP contribution in [0.5, 0.6) is 0 Å². The summed E-state index contributed by atoms with van der Waals surface area (Å²) in [5, 5.41) is 13.0. The molecule has 0 heterocycles. The molecule has 1 aliphatic rings. The number of aliphatic hydroxyl groups is 1. The summed E-state index contributed by atoms with van der Waals surface area (Å²) in [5.74, 6) is -0.490. The van der Waals surface area contributed by atoms with Crippen LogP contribution in [0.4, 0.5) is 11.4 Å². The van der Waals surface area contributed by atoms with Gasteiger partial charge in [-0.15, -0.1) is 0 Å². The maximum Gasteiger partial charge on any atom is 0.248 e. The lowest BCUT2D eigenvalue weighted by Crippen LogP contribution is -2.43. The van der Waals surface area contributed by atoms with Crippen LogP contribution in [-0.2, 0) is 0 Å². The third-order valence-corrected chi connectivity index (χ3v) is 3.23. The molecule has 0 spiro atoms. The van der Waals surface area contributed by atoms with Gasteiger partial charge in [0.25, 0.3) is 0 Å². The number of nitrogens with one attached hydrogen (secondary N) is 1. The molecule has 0 radical (unpaired) electrons. The Bertz CT molecular complexity index is 441. The average Bonchev–Trinajstić information content (AvgIpc) is 2.25. The number of nitrogens with two attached hydrogens (primary N) is 2. The molecule has 0 atom stereocenters. The van der Waals surface area contributed by atoms with Crippen molar-refractivity contribution in [1.29, 1.82) is 0 Å². The topological polar surface area (TPSA) is 101 Å². The number of amides is 1. The maximum absolute atomic E-state index is 11.0. The zero-order valence-corrected chi connectivity index (χ0v) is 9.57. The molecular weight excluding hydrogens is 218 g/mol. The second kappa shape index (κ2) is 4.25. The van der Waals surface area contributed by atoms with Crippen LogP contribution in [0.3, 0.4) is 0 Å². The standard InChI is InChI=1S/C12H17N3O2/c13-9-3-2-8(11(14)16)6-10(9)15-7-12(17)4-1-5-12/h2-3,6,15,17H,1,4-5,7,13H2,(H2,14,16). The molecule has 92 valence electrons. The number of benzene rings is 1. The Morgan fingerprint density at radius 1 is 1.47 bits per heavy atom. The highest BCUT2D eigenvalue weighted by Crippen LogP contribution is 2.32. The lowest BCUT2D eigenvalue weighted by molar-refractivity contribution is -0.0201. The summed E-state index contributed by atoms with van der Waals surface area (Å²) in [6.07, 6.45) is 2.65. The first kappa shape index (κ1) is 11.7. The van der Waals surface area contributed by atoms with E-state index in [0.29, 0.717) is 23.5 Å². The van der Waals surface area contributed by atoms with E-state index in [1.165, 1.54) is 0 Å². The number of nitrogen functional groups attached to an aromatic ring is 1. The van der Waals surface area contributed by atoms with Gasteiger partial charge in [-0.25, -0.2) is 0 Å². The number of carbonyl (C=O) groups is 1. The van der Waals surface area contributed by atoms with Gasteiger partial charge < -0.3 is 21.9 Å². The first-order valence-corrected chi connectivity index (χ1v) is 5.66. The van der Waals surface area contributed by atoms with Gasteiger partial charge in [-0.05, 0) is 37.5 Å². The summed E-state index contributed by atoms with van der Waals surface area (Å²) >= 11 is 0. The van der Waals surface area contributed by atoms with E-state index in [1.54, 1.807) is 18.2 Å². The maximum atomic E-state index is 11.0. The molecule has 5 heteroatoms. The highest BCUT2D eigenvalue weighted by molar-refractivity contribution is 5.94. The number of rotatable bonds is 4.